The zero-order chi connectivity index (χ0) is 11.6. The molecule has 0 aromatic rings. The van der Waals surface area contributed by atoms with Crippen molar-refractivity contribution >= 4 is 46.6 Å². The molecule has 0 saturated heterocycles. The van der Waals surface area contributed by atoms with Crippen molar-refractivity contribution in [1.29, 1.82) is 0 Å². The third-order valence-corrected chi connectivity index (χ3v) is 1.32. The van der Waals surface area contributed by atoms with Gasteiger partial charge in [0.15, 0.2) is 0 Å². The van der Waals surface area contributed by atoms with Crippen LogP contribution >= 0.6 is 34.8 Å². The molecular weight excluding hydrogens is 271 g/mol. The summed E-state index contributed by atoms with van der Waals surface area (Å²) >= 11 is 14.9. The minimum absolute atomic E-state index is 1.01. The van der Waals surface area contributed by atoms with Crippen LogP contribution in [0.3, 0.4) is 0 Å². The summed E-state index contributed by atoms with van der Waals surface area (Å²) < 4.78 is 32.2. The van der Waals surface area contributed by atoms with E-state index in [1.165, 1.54) is 5.43 Å². The zero-order valence-electron chi connectivity index (χ0n) is 6.08. The molecule has 0 aromatic heterocycles. The SMILES string of the molecule is O=C(NNC(=O)C(Cl)(Cl)Cl)C(F)(F)F. The maximum absolute atomic E-state index is 11.5. The molecule has 0 unspecified atom stereocenters. The number of carbonyl (C=O) groups excluding carboxylic acids is 2. The molecule has 2 amide bonds. The summed E-state index contributed by atoms with van der Waals surface area (Å²) in [6.07, 6.45) is -5.12. The number of rotatable bonds is 0. The fourth-order valence-corrected chi connectivity index (χ4v) is 0.397. The molecule has 0 aromatic carbocycles. The van der Waals surface area contributed by atoms with Crippen molar-refractivity contribution in [2.24, 2.45) is 0 Å². The molecule has 0 saturated carbocycles. The van der Waals surface area contributed by atoms with Gasteiger partial charge in [-0.25, -0.2) is 0 Å². The van der Waals surface area contributed by atoms with E-state index in [0.717, 1.165) is 5.43 Å². The molecule has 0 fully saturated rings. The van der Waals surface area contributed by atoms with Crippen LogP contribution in [0.1, 0.15) is 0 Å². The summed E-state index contributed by atoms with van der Waals surface area (Å²) in [7, 11) is 0. The molecule has 14 heavy (non-hydrogen) atoms. The van der Waals surface area contributed by atoms with Crippen LogP contribution in [0.25, 0.3) is 0 Å². The predicted octanol–water partition coefficient (Wildman–Crippen LogP) is 1.07. The van der Waals surface area contributed by atoms with Gasteiger partial charge in [-0.15, -0.1) is 0 Å². The molecule has 0 spiro atoms. The lowest BCUT2D eigenvalue weighted by atomic mass is 10.6. The largest absolute Gasteiger partial charge is 0.472 e. The second-order valence-electron chi connectivity index (χ2n) is 1.90. The smallest absolute Gasteiger partial charge is 0.268 e. The van der Waals surface area contributed by atoms with Gasteiger partial charge in [-0.05, 0) is 0 Å². The second kappa shape index (κ2) is 4.41. The number of alkyl halides is 6. The highest BCUT2D eigenvalue weighted by Crippen LogP contribution is 2.25. The Labute approximate surface area is 90.6 Å². The highest BCUT2D eigenvalue weighted by molar-refractivity contribution is 6.76. The fraction of sp³-hybridized carbons (Fsp3) is 0.500. The van der Waals surface area contributed by atoms with Gasteiger partial charge >= 0.3 is 12.1 Å². The minimum Gasteiger partial charge on any atom is -0.268 e. The number of hydrazine groups is 1. The van der Waals surface area contributed by atoms with E-state index in [9.17, 15) is 22.8 Å². The monoisotopic (exact) mass is 272 g/mol. The first-order chi connectivity index (χ1) is 6.05. The summed E-state index contributed by atoms with van der Waals surface area (Å²) in [4.78, 5) is 20.7. The summed E-state index contributed by atoms with van der Waals surface area (Å²) in [5.74, 6) is -3.78. The van der Waals surface area contributed by atoms with E-state index < -0.39 is 21.8 Å². The van der Waals surface area contributed by atoms with Crippen LogP contribution in [0.5, 0.6) is 0 Å². The lowest BCUT2D eigenvalue weighted by molar-refractivity contribution is -0.175. The molecule has 10 heteroatoms. The summed E-state index contributed by atoms with van der Waals surface area (Å²) in [6, 6.07) is 0. The first-order valence-corrected chi connectivity index (χ1v) is 3.93. The van der Waals surface area contributed by atoms with E-state index in [2.05, 4.69) is 0 Å². The van der Waals surface area contributed by atoms with Gasteiger partial charge in [-0.2, -0.15) is 13.2 Å². The van der Waals surface area contributed by atoms with Gasteiger partial charge in [0.1, 0.15) is 0 Å². The maximum atomic E-state index is 11.5. The van der Waals surface area contributed by atoms with Crippen LogP contribution < -0.4 is 10.9 Å². The molecule has 0 bridgehead atoms. The first kappa shape index (κ1) is 13.6. The highest BCUT2D eigenvalue weighted by Gasteiger charge is 2.40. The third-order valence-electron chi connectivity index (χ3n) is 0.804. The second-order valence-corrected chi connectivity index (χ2v) is 4.18. The Morgan fingerprint density at radius 2 is 1.29 bits per heavy atom. The van der Waals surface area contributed by atoms with Crippen LogP contribution in [0.2, 0.25) is 0 Å². The standard InChI is InChI=1S/C4H2Cl3F3N2O2/c5-3(6,7)1(13)11-12-2(14)4(8,9)10/h(H,11,13)(H,12,14). The Morgan fingerprint density at radius 1 is 0.929 bits per heavy atom. The Kier molecular flexibility index (Phi) is 4.29. The first-order valence-electron chi connectivity index (χ1n) is 2.79. The molecule has 0 aliphatic rings. The van der Waals surface area contributed by atoms with Crippen LogP contribution in [0.4, 0.5) is 13.2 Å². The van der Waals surface area contributed by atoms with Crippen molar-refractivity contribution in [3.05, 3.63) is 0 Å². The van der Waals surface area contributed by atoms with Gasteiger partial charge in [0.25, 0.3) is 9.70 Å². The molecule has 0 rings (SSSR count). The van der Waals surface area contributed by atoms with Crippen molar-refractivity contribution in [1.82, 2.24) is 10.9 Å². The number of hydrogen-bond acceptors (Lipinski definition) is 2. The number of halogens is 6. The lowest BCUT2D eigenvalue weighted by Gasteiger charge is -2.12. The van der Waals surface area contributed by atoms with Crippen molar-refractivity contribution in [3.8, 4) is 0 Å². The Bertz CT molecular complexity index is 223. The van der Waals surface area contributed by atoms with E-state index in [4.69, 9.17) is 34.8 Å². The quantitative estimate of drug-likeness (QED) is 0.512. The molecule has 82 valence electrons. The van der Waals surface area contributed by atoms with E-state index in [-0.39, 0.29) is 0 Å². The van der Waals surface area contributed by atoms with Crippen LogP contribution in [0, 0.1) is 0 Å². The average Bonchev–Trinajstić information content (AvgIpc) is 1.95. The van der Waals surface area contributed by atoms with Gasteiger partial charge < -0.3 is 0 Å². The number of amides is 2. The number of hydrogen-bond donors (Lipinski definition) is 2. The average molecular weight is 273 g/mol. The Balaban J connectivity index is 4.10. The number of nitrogens with one attached hydrogen (secondary N) is 2. The summed E-state index contributed by atoms with van der Waals surface area (Å²) in [5.41, 5.74) is 2.29. The normalized spacial score (nSPS) is 12.1. The van der Waals surface area contributed by atoms with E-state index in [0.29, 0.717) is 0 Å². The van der Waals surface area contributed by atoms with Crippen LogP contribution in [0.15, 0.2) is 0 Å². The zero-order valence-corrected chi connectivity index (χ0v) is 8.35. The highest BCUT2D eigenvalue weighted by atomic mass is 35.6. The topological polar surface area (TPSA) is 58.2 Å². The Hall–Kier alpha value is -0.400. The molecular formula is C4H2Cl3F3N2O2. The number of carbonyl (C=O) groups is 2. The molecule has 0 aliphatic carbocycles. The van der Waals surface area contributed by atoms with Crippen molar-refractivity contribution < 1.29 is 22.8 Å². The van der Waals surface area contributed by atoms with E-state index in [1.54, 1.807) is 0 Å². The molecule has 0 radical (unpaired) electrons. The maximum Gasteiger partial charge on any atom is 0.472 e. The summed E-state index contributed by atoms with van der Waals surface area (Å²) in [5, 5.41) is 0. The van der Waals surface area contributed by atoms with Gasteiger partial charge in [-0.3, -0.25) is 20.4 Å². The fourth-order valence-electron chi connectivity index (χ4n) is 0.255. The minimum atomic E-state index is -5.12. The lowest BCUT2D eigenvalue weighted by Crippen LogP contribution is -2.50. The molecule has 0 aliphatic heterocycles. The predicted molar refractivity (Wildman–Crippen MR) is 42.6 cm³/mol. The molecule has 4 nitrogen and oxygen atoms in total. The summed E-state index contributed by atoms with van der Waals surface area (Å²) in [6.45, 7) is 0. The van der Waals surface area contributed by atoms with E-state index >= 15 is 0 Å². The molecule has 0 heterocycles. The van der Waals surface area contributed by atoms with E-state index in [1.807, 2.05) is 0 Å². The van der Waals surface area contributed by atoms with Crippen molar-refractivity contribution in [2.45, 2.75) is 9.97 Å². The van der Waals surface area contributed by atoms with Crippen molar-refractivity contribution in [2.75, 3.05) is 0 Å². The van der Waals surface area contributed by atoms with Crippen LogP contribution in [-0.4, -0.2) is 21.8 Å². The van der Waals surface area contributed by atoms with Gasteiger partial charge in [0.05, 0.1) is 0 Å². The van der Waals surface area contributed by atoms with Gasteiger partial charge in [-0.1, -0.05) is 34.8 Å². The van der Waals surface area contributed by atoms with Gasteiger partial charge in [0.2, 0.25) is 0 Å². The molecule has 2 N–H and O–H groups in total. The van der Waals surface area contributed by atoms with Gasteiger partial charge in [0, 0.05) is 0 Å². The van der Waals surface area contributed by atoms with Crippen molar-refractivity contribution in [3.63, 3.8) is 0 Å². The van der Waals surface area contributed by atoms with Crippen LogP contribution in [-0.2, 0) is 9.59 Å². The third kappa shape index (κ3) is 4.73. The Morgan fingerprint density at radius 3 is 1.57 bits per heavy atom. The molecule has 0 atom stereocenters.